The van der Waals surface area contributed by atoms with Gasteiger partial charge in [0.15, 0.2) is 0 Å². The van der Waals surface area contributed by atoms with Crippen LogP contribution in [0.1, 0.15) is 18.9 Å². The topological polar surface area (TPSA) is 76.4 Å². The van der Waals surface area contributed by atoms with Gasteiger partial charge in [0.1, 0.15) is 6.07 Å². The van der Waals surface area contributed by atoms with E-state index in [1.165, 1.54) is 0 Å². The summed E-state index contributed by atoms with van der Waals surface area (Å²) >= 11 is 5.89. The predicted molar refractivity (Wildman–Crippen MR) is 78.6 cm³/mol. The third-order valence-electron chi connectivity index (χ3n) is 2.89. The van der Waals surface area contributed by atoms with Gasteiger partial charge < -0.3 is 15.3 Å². The fraction of sp³-hybridized carbons (Fsp3) is 0.429. The van der Waals surface area contributed by atoms with E-state index in [-0.39, 0.29) is 12.5 Å². The van der Waals surface area contributed by atoms with Gasteiger partial charge in [-0.3, -0.25) is 4.79 Å². The summed E-state index contributed by atoms with van der Waals surface area (Å²) in [6, 6.07) is 6.74. The lowest BCUT2D eigenvalue weighted by Gasteiger charge is -2.18. The van der Waals surface area contributed by atoms with E-state index in [1.807, 2.05) is 17.9 Å². The first-order valence-electron chi connectivity index (χ1n) is 6.43. The maximum atomic E-state index is 11.8. The zero-order valence-electron chi connectivity index (χ0n) is 11.4. The number of anilines is 1. The summed E-state index contributed by atoms with van der Waals surface area (Å²) in [6.45, 7) is 4.00. The first kappa shape index (κ1) is 16.4. The van der Waals surface area contributed by atoms with Crippen molar-refractivity contribution in [3.63, 3.8) is 0 Å². The smallest absolute Gasteiger partial charge is 0.225 e. The number of likely N-dealkylation sites (N-methyl/N-ethyl adjacent to an activating group) is 1. The molecule has 0 aromatic heterocycles. The highest BCUT2D eigenvalue weighted by Gasteiger charge is 2.08. The number of halogens is 1. The second-order valence-electron chi connectivity index (χ2n) is 4.26. The number of hydrogen-bond acceptors (Lipinski definition) is 4. The van der Waals surface area contributed by atoms with Crippen LogP contribution in [0.25, 0.3) is 0 Å². The molecule has 1 rings (SSSR count). The Bertz CT molecular complexity index is 500. The molecule has 20 heavy (non-hydrogen) atoms. The molecule has 108 valence electrons. The van der Waals surface area contributed by atoms with E-state index in [0.29, 0.717) is 35.8 Å². The van der Waals surface area contributed by atoms with Crippen molar-refractivity contribution >= 4 is 23.2 Å². The Morgan fingerprint density at radius 2 is 2.25 bits per heavy atom. The van der Waals surface area contributed by atoms with E-state index < -0.39 is 0 Å². The number of aliphatic hydroxyl groups is 1. The molecule has 1 amide bonds. The van der Waals surface area contributed by atoms with Gasteiger partial charge in [-0.05, 0) is 24.7 Å². The molecular formula is C14H18ClN3O2. The molecule has 0 aliphatic rings. The molecule has 0 unspecified atom stereocenters. The second-order valence-corrected chi connectivity index (χ2v) is 4.67. The molecule has 0 saturated carbocycles. The monoisotopic (exact) mass is 295 g/mol. The molecule has 0 saturated heterocycles. The Balaban J connectivity index is 2.50. The van der Waals surface area contributed by atoms with Crippen molar-refractivity contribution in [3.05, 3.63) is 28.8 Å². The molecule has 0 radical (unpaired) electrons. The van der Waals surface area contributed by atoms with Crippen LogP contribution in [0.4, 0.5) is 5.69 Å². The molecule has 0 aliphatic carbocycles. The standard InChI is InChI=1S/C14H18ClN3O2/c1-2-18(7-8-19)6-5-14(20)17-12-4-3-11(10-16)13(15)9-12/h3-4,9,19H,2,5-8H2,1H3,(H,17,20). The molecule has 0 spiro atoms. The fourth-order valence-electron chi connectivity index (χ4n) is 1.74. The summed E-state index contributed by atoms with van der Waals surface area (Å²) in [5, 5.41) is 20.7. The number of nitrogens with zero attached hydrogens (tertiary/aromatic N) is 2. The molecule has 6 heteroatoms. The lowest BCUT2D eigenvalue weighted by molar-refractivity contribution is -0.116. The fourth-order valence-corrected chi connectivity index (χ4v) is 1.96. The van der Waals surface area contributed by atoms with E-state index in [9.17, 15) is 4.79 Å². The average molecular weight is 296 g/mol. The van der Waals surface area contributed by atoms with Gasteiger partial charge in [0, 0.05) is 25.2 Å². The van der Waals surface area contributed by atoms with Gasteiger partial charge in [-0.2, -0.15) is 5.26 Å². The van der Waals surface area contributed by atoms with E-state index in [2.05, 4.69) is 5.32 Å². The molecule has 0 heterocycles. The van der Waals surface area contributed by atoms with Crippen LogP contribution in [0.3, 0.4) is 0 Å². The Kier molecular flexibility index (Phi) is 7.02. The third kappa shape index (κ3) is 5.17. The molecule has 0 aliphatic heterocycles. The SMILES string of the molecule is CCN(CCO)CCC(=O)Nc1ccc(C#N)c(Cl)c1. The molecule has 1 aromatic rings. The van der Waals surface area contributed by atoms with Gasteiger partial charge in [-0.1, -0.05) is 18.5 Å². The van der Waals surface area contributed by atoms with Gasteiger partial charge in [0.25, 0.3) is 0 Å². The van der Waals surface area contributed by atoms with Crippen molar-refractivity contribution in [2.75, 3.05) is 31.6 Å². The maximum Gasteiger partial charge on any atom is 0.225 e. The van der Waals surface area contributed by atoms with Gasteiger partial charge >= 0.3 is 0 Å². The molecule has 0 fully saturated rings. The molecule has 5 nitrogen and oxygen atoms in total. The van der Waals surface area contributed by atoms with Gasteiger partial charge in [-0.25, -0.2) is 0 Å². The van der Waals surface area contributed by atoms with Crippen LogP contribution < -0.4 is 5.32 Å². The maximum absolute atomic E-state index is 11.8. The number of hydrogen-bond donors (Lipinski definition) is 2. The van der Waals surface area contributed by atoms with Crippen molar-refractivity contribution in [3.8, 4) is 6.07 Å². The van der Waals surface area contributed by atoms with Crippen molar-refractivity contribution in [1.29, 1.82) is 5.26 Å². The van der Waals surface area contributed by atoms with Gasteiger partial charge in [0.05, 0.1) is 17.2 Å². The molecule has 0 bridgehead atoms. The number of aliphatic hydroxyl groups excluding tert-OH is 1. The van der Waals surface area contributed by atoms with E-state index in [1.54, 1.807) is 18.2 Å². The van der Waals surface area contributed by atoms with Gasteiger partial charge in [0.2, 0.25) is 5.91 Å². The Hall–Kier alpha value is -1.61. The van der Waals surface area contributed by atoms with Crippen LogP contribution in [0.15, 0.2) is 18.2 Å². The number of rotatable bonds is 7. The number of carbonyl (C=O) groups excluding carboxylic acids is 1. The van der Waals surface area contributed by atoms with E-state index >= 15 is 0 Å². The zero-order chi connectivity index (χ0) is 15.0. The Morgan fingerprint density at radius 3 is 2.80 bits per heavy atom. The number of carbonyl (C=O) groups is 1. The Morgan fingerprint density at radius 1 is 1.50 bits per heavy atom. The first-order valence-corrected chi connectivity index (χ1v) is 6.81. The predicted octanol–water partition coefficient (Wildman–Crippen LogP) is 1.85. The average Bonchev–Trinajstić information content (AvgIpc) is 2.43. The highest BCUT2D eigenvalue weighted by Crippen LogP contribution is 2.20. The molecule has 0 atom stereocenters. The number of nitrogens with one attached hydrogen (secondary N) is 1. The van der Waals surface area contributed by atoms with Crippen LogP contribution in [0.5, 0.6) is 0 Å². The highest BCUT2D eigenvalue weighted by atomic mass is 35.5. The van der Waals surface area contributed by atoms with Crippen LogP contribution in [-0.4, -0.2) is 42.2 Å². The van der Waals surface area contributed by atoms with Crippen LogP contribution in [0.2, 0.25) is 5.02 Å². The Labute approximate surface area is 123 Å². The minimum absolute atomic E-state index is 0.0840. The quantitative estimate of drug-likeness (QED) is 0.805. The summed E-state index contributed by atoms with van der Waals surface area (Å²) in [4.78, 5) is 13.8. The van der Waals surface area contributed by atoms with E-state index in [0.717, 1.165) is 6.54 Å². The summed E-state index contributed by atoms with van der Waals surface area (Å²) in [6.07, 6.45) is 0.339. The van der Waals surface area contributed by atoms with Crippen LogP contribution in [0, 0.1) is 11.3 Å². The first-order chi connectivity index (χ1) is 9.60. The zero-order valence-corrected chi connectivity index (χ0v) is 12.2. The van der Waals surface area contributed by atoms with Crippen molar-refractivity contribution in [2.45, 2.75) is 13.3 Å². The number of nitriles is 1. The van der Waals surface area contributed by atoms with Crippen molar-refractivity contribution < 1.29 is 9.90 Å². The minimum atomic E-state index is -0.123. The summed E-state index contributed by atoms with van der Waals surface area (Å²) in [5.41, 5.74) is 0.953. The molecule has 2 N–H and O–H groups in total. The number of benzene rings is 1. The normalized spacial score (nSPS) is 10.3. The summed E-state index contributed by atoms with van der Waals surface area (Å²) in [7, 11) is 0. The summed E-state index contributed by atoms with van der Waals surface area (Å²) < 4.78 is 0. The van der Waals surface area contributed by atoms with Crippen LogP contribution in [-0.2, 0) is 4.79 Å². The lowest BCUT2D eigenvalue weighted by atomic mass is 10.2. The molecular weight excluding hydrogens is 278 g/mol. The number of amides is 1. The third-order valence-corrected chi connectivity index (χ3v) is 3.20. The minimum Gasteiger partial charge on any atom is -0.395 e. The summed E-state index contributed by atoms with van der Waals surface area (Å²) in [5.74, 6) is -0.123. The van der Waals surface area contributed by atoms with Crippen molar-refractivity contribution in [2.24, 2.45) is 0 Å². The lowest BCUT2D eigenvalue weighted by Crippen LogP contribution is -2.30. The second kappa shape index (κ2) is 8.54. The van der Waals surface area contributed by atoms with Crippen LogP contribution >= 0.6 is 11.6 Å². The highest BCUT2D eigenvalue weighted by molar-refractivity contribution is 6.32. The largest absolute Gasteiger partial charge is 0.395 e. The van der Waals surface area contributed by atoms with E-state index in [4.69, 9.17) is 22.0 Å². The van der Waals surface area contributed by atoms with Crippen molar-refractivity contribution in [1.82, 2.24) is 4.90 Å². The molecule has 1 aromatic carbocycles. The van der Waals surface area contributed by atoms with Gasteiger partial charge in [-0.15, -0.1) is 0 Å².